The van der Waals surface area contributed by atoms with E-state index < -0.39 is 23.8 Å². The van der Waals surface area contributed by atoms with E-state index in [2.05, 4.69) is 0 Å². The van der Waals surface area contributed by atoms with Crippen molar-refractivity contribution < 1.29 is 19.5 Å². The van der Waals surface area contributed by atoms with E-state index in [0.29, 0.717) is 18.4 Å². The maximum Gasteiger partial charge on any atom is 0.326 e. The Morgan fingerprint density at radius 1 is 1.41 bits per heavy atom. The van der Waals surface area contributed by atoms with Gasteiger partial charge in [-0.1, -0.05) is 26.2 Å². The van der Waals surface area contributed by atoms with Gasteiger partial charge in [0.05, 0.1) is 0 Å². The normalized spacial score (nSPS) is 17.3. The fraction of sp³-hybridized carbons (Fsp3) is 0.583. The lowest BCUT2D eigenvalue weighted by Gasteiger charge is -2.22. The van der Waals surface area contributed by atoms with E-state index in [1.54, 1.807) is 0 Å². The SMILES string of the molecule is CCCCCC(C(=O)O)N1C(=O)C=C(C)C1=O. The standard InChI is InChI=1S/C12H17NO4/c1-3-4-5-6-9(12(16)17)13-10(14)7-8(2)11(13)15/h7,9H,3-6H2,1-2H3,(H,16,17). The van der Waals surface area contributed by atoms with Crippen LogP contribution in [-0.2, 0) is 14.4 Å². The average Bonchev–Trinajstić information content (AvgIpc) is 2.49. The molecule has 2 amide bonds. The molecule has 94 valence electrons. The van der Waals surface area contributed by atoms with Crippen LogP contribution < -0.4 is 0 Å². The van der Waals surface area contributed by atoms with E-state index >= 15 is 0 Å². The number of nitrogens with zero attached hydrogens (tertiary/aromatic N) is 1. The topological polar surface area (TPSA) is 74.7 Å². The fourth-order valence-corrected chi connectivity index (χ4v) is 1.85. The Balaban J connectivity index is 2.75. The van der Waals surface area contributed by atoms with Gasteiger partial charge in [0, 0.05) is 11.6 Å². The molecule has 0 radical (unpaired) electrons. The second-order valence-corrected chi connectivity index (χ2v) is 4.19. The minimum atomic E-state index is -1.12. The molecule has 1 aliphatic heterocycles. The van der Waals surface area contributed by atoms with Crippen molar-refractivity contribution in [3.8, 4) is 0 Å². The number of imide groups is 1. The molecule has 0 saturated carbocycles. The first-order chi connectivity index (χ1) is 7.99. The summed E-state index contributed by atoms with van der Waals surface area (Å²) in [4.78, 5) is 35.2. The number of aliphatic carboxylic acids is 1. The largest absolute Gasteiger partial charge is 0.480 e. The van der Waals surface area contributed by atoms with Gasteiger partial charge in [0.1, 0.15) is 6.04 Å². The number of unbranched alkanes of at least 4 members (excludes halogenated alkanes) is 2. The summed E-state index contributed by atoms with van der Waals surface area (Å²) in [5, 5.41) is 9.09. The summed E-state index contributed by atoms with van der Waals surface area (Å²) in [6, 6.07) is -1.03. The lowest BCUT2D eigenvalue weighted by Crippen LogP contribution is -2.45. The highest BCUT2D eigenvalue weighted by Gasteiger charge is 2.37. The van der Waals surface area contributed by atoms with E-state index in [1.807, 2.05) is 6.92 Å². The number of hydrogen-bond donors (Lipinski definition) is 1. The molecular formula is C12H17NO4. The molecule has 1 unspecified atom stereocenters. The number of hydrogen-bond acceptors (Lipinski definition) is 3. The highest BCUT2D eigenvalue weighted by Crippen LogP contribution is 2.19. The summed E-state index contributed by atoms with van der Waals surface area (Å²) in [6.07, 6.45) is 4.07. The Hall–Kier alpha value is -1.65. The molecule has 0 saturated heterocycles. The zero-order valence-electron chi connectivity index (χ0n) is 10.1. The van der Waals surface area contributed by atoms with Crippen LogP contribution in [0.4, 0.5) is 0 Å². The predicted octanol–water partition coefficient (Wildman–Crippen LogP) is 1.34. The summed E-state index contributed by atoms with van der Waals surface area (Å²) in [5.41, 5.74) is 0.303. The van der Waals surface area contributed by atoms with Crippen molar-refractivity contribution >= 4 is 17.8 Å². The van der Waals surface area contributed by atoms with Gasteiger partial charge in [-0.2, -0.15) is 0 Å². The molecule has 1 heterocycles. The maximum atomic E-state index is 11.7. The van der Waals surface area contributed by atoms with Crippen molar-refractivity contribution in [3.05, 3.63) is 11.6 Å². The first-order valence-corrected chi connectivity index (χ1v) is 5.77. The van der Waals surface area contributed by atoms with E-state index in [-0.39, 0.29) is 0 Å². The molecule has 0 aliphatic carbocycles. The molecule has 0 fully saturated rings. The van der Waals surface area contributed by atoms with Crippen LogP contribution in [0, 0.1) is 0 Å². The molecule has 0 aromatic carbocycles. The van der Waals surface area contributed by atoms with Gasteiger partial charge in [-0.05, 0) is 13.3 Å². The first-order valence-electron chi connectivity index (χ1n) is 5.77. The van der Waals surface area contributed by atoms with Crippen LogP contribution >= 0.6 is 0 Å². The summed E-state index contributed by atoms with van der Waals surface area (Å²) < 4.78 is 0. The van der Waals surface area contributed by atoms with Gasteiger partial charge in [-0.25, -0.2) is 4.79 Å². The lowest BCUT2D eigenvalue weighted by atomic mass is 10.1. The number of carboxylic acids is 1. The Labute approximate surface area is 100 Å². The molecular weight excluding hydrogens is 222 g/mol. The summed E-state index contributed by atoms with van der Waals surface area (Å²) >= 11 is 0. The Morgan fingerprint density at radius 2 is 2.06 bits per heavy atom. The lowest BCUT2D eigenvalue weighted by molar-refractivity contribution is -0.153. The molecule has 1 aliphatic rings. The molecule has 0 aromatic rings. The third-order valence-electron chi connectivity index (χ3n) is 2.81. The number of carbonyl (C=O) groups is 3. The molecule has 0 aromatic heterocycles. The highest BCUT2D eigenvalue weighted by atomic mass is 16.4. The Bertz CT molecular complexity index is 373. The maximum absolute atomic E-state index is 11.7. The monoisotopic (exact) mass is 239 g/mol. The molecule has 0 spiro atoms. The minimum absolute atomic E-state index is 0.303. The van der Waals surface area contributed by atoms with Crippen molar-refractivity contribution in [2.24, 2.45) is 0 Å². The predicted molar refractivity (Wildman–Crippen MR) is 61.2 cm³/mol. The van der Waals surface area contributed by atoms with Crippen molar-refractivity contribution in [2.75, 3.05) is 0 Å². The smallest absolute Gasteiger partial charge is 0.326 e. The molecule has 1 rings (SSSR count). The number of carbonyl (C=O) groups excluding carboxylic acids is 2. The summed E-state index contributed by atoms with van der Waals surface area (Å²) in [6.45, 7) is 3.53. The van der Waals surface area contributed by atoms with Gasteiger partial charge in [-0.3, -0.25) is 14.5 Å². The number of carboxylic acid groups (broad SMARTS) is 1. The number of amides is 2. The van der Waals surface area contributed by atoms with Crippen molar-refractivity contribution in [3.63, 3.8) is 0 Å². The average molecular weight is 239 g/mol. The quantitative estimate of drug-likeness (QED) is 0.560. The van der Waals surface area contributed by atoms with Crippen LogP contribution in [0.2, 0.25) is 0 Å². The van der Waals surface area contributed by atoms with E-state index in [4.69, 9.17) is 5.11 Å². The van der Waals surface area contributed by atoms with Crippen molar-refractivity contribution in [1.29, 1.82) is 0 Å². The van der Waals surface area contributed by atoms with Gasteiger partial charge >= 0.3 is 5.97 Å². The van der Waals surface area contributed by atoms with Crippen molar-refractivity contribution in [2.45, 2.75) is 45.6 Å². The summed E-state index contributed by atoms with van der Waals surface area (Å²) in [5.74, 6) is -2.12. The fourth-order valence-electron chi connectivity index (χ4n) is 1.85. The van der Waals surface area contributed by atoms with Gasteiger partial charge in [0.25, 0.3) is 11.8 Å². The van der Waals surface area contributed by atoms with Crippen molar-refractivity contribution in [1.82, 2.24) is 4.90 Å². The molecule has 0 bridgehead atoms. The Morgan fingerprint density at radius 3 is 2.47 bits per heavy atom. The molecule has 1 atom stereocenters. The van der Waals surface area contributed by atoms with Crippen LogP contribution in [0.5, 0.6) is 0 Å². The molecule has 1 N–H and O–H groups in total. The zero-order valence-corrected chi connectivity index (χ0v) is 10.1. The molecule has 5 nitrogen and oxygen atoms in total. The molecule has 5 heteroatoms. The molecule has 17 heavy (non-hydrogen) atoms. The van der Waals surface area contributed by atoms with Crippen LogP contribution in [0.25, 0.3) is 0 Å². The van der Waals surface area contributed by atoms with E-state index in [1.165, 1.54) is 13.0 Å². The van der Waals surface area contributed by atoms with Crippen LogP contribution in [0.15, 0.2) is 11.6 Å². The third-order valence-corrected chi connectivity index (χ3v) is 2.81. The summed E-state index contributed by atoms with van der Waals surface area (Å²) in [7, 11) is 0. The van der Waals surface area contributed by atoms with Crippen LogP contribution in [0.3, 0.4) is 0 Å². The van der Waals surface area contributed by atoms with Gasteiger partial charge < -0.3 is 5.11 Å². The van der Waals surface area contributed by atoms with Gasteiger partial charge in [0.2, 0.25) is 0 Å². The second-order valence-electron chi connectivity index (χ2n) is 4.19. The van der Waals surface area contributed by atoms with E-state index in [0.717, 1.165) is 17.7 Å². The zero-order chi connectivity index (χ0) is 13.0. The Kier molecular flexibility index (Phi) is 4.43. The third kappa shape index (κ3) is 2.93. The first kappa shape index (κ1) is 13.4. The minimum Gasteiger partial charge on any atom is -0.480 e. The van der Waals surface area contributed by atoms with Crippen LogP contribution in [0.1, 0.15) is 39.5 Å². The van der Waals surface area contributed by atoms with Gasteiger partial charge in [-0.15, -0.1) is 0 Å². The second kappa shape index (κ2) is 5.61. The van der Waals surface area contributed by atoms with Gasteiger partial charge in [0.15, 0.2) is 0 Å². The van der Waals surface area contributed by atoms with E-state index in [9.17, 15) is 14.4 Å². The number of rotatable bonds is 6. The van der Waals surface area contributed by atoms with Crippen LogP contribution in [-0.4, -0.2) is 33.8 Å². The highest BCUT2D eigenvalue weighted by molar-refractivity contribution is 6.17.